The first-order valence-electron chi connectivity index (χ1n) is 3.30. The third-order valence-electron chi connectivity index (χ3n) is 1.57. The molecule has 0 radical (unpaired) electrons. The molecule has 0 saturated carbocycles. The predicted octanol–water partition coefficient (Wildman–Crippen LogP) is 2.40. The lowest BCUT2D eigenvalue weighted by molar-refractivity contribution is 0.112. The number of aromatic nitrogens is 1. The lowest BCUT2D eigenvalue weighted by Crippen LogP contribution is -1.79. The van der Waals surface area contributed by atoms with Crippen molar-refractivity contribution in [2.24, 2.45) is 0 Å². The minimum atomic E-state index is 0.511. The molecule has 1 heterocycles. The number of aldehydes is 1. The summed E-state index contributed by atoms with van der Waals surface area (Å²) in [4.78, 5) is 10.6. The molecule has 0 N–H and O–H groups in total. The molecule has 0 fully saturated rings. The Morgan fingerprint density at radius 3 is 3.08 bits per heavy atom. The number of hydrogen-bond donors (Lipinski definition) is 0. The van der Waals surface area contributed by atoms with Crippen molar-refractivity contribution in [2.75, 3.05) is 0 Å². The van der Waals surface area contributed by atoms with E-state index in [0.717, 1.165) is 16.1 Å². The Morgan fingerprint density at radius 2 is 2.33 bits per heavy atom. The fourth-order valence-electron chi connectivity index (χ4n) is 1.06. The quantitative estimate of drug-likeness (QED) is 0.701. The molecular weight excluding hydrogens is 222 g/mol. The fraction of sp³-hybridized carbons (Fsp3) is 0. The summed E-state index contributed by atoms with van der Waals surface area (Å²) in [6, 6.07) is 3.54. The Hall–Kier alpha value is -1.16. The minimum absolute atomic E-state index is 0.511. The van der Waals surface area contributed by atoms with Gasteiger partial charge in [-0.3, -0.25) is 4.79 Å². The van der Waals surface area contributed by atoms with Gasteiger partial charge in [0.1, 0.15) is 0 Å². The van der Waals surface area contributed by atoms with Crippen LogP contribution in [-0.4, -0.2) is 11.4 Å². The Kier molecular flexibility index (Phi) is 1.69. The molecule has 0 unspecified atom stereocenters. The van der Waals surface area contributed by atoms with Crippen LogP contribution in [0.5, 0.6) is 0 Å². The van der Waals surface area contributed by atoms with E-state index in [1.165, 1.54) is 0 Å². The van der Waals surface area contributed by atoms with Crippen LogP contribution in [0.3, 0.4) is 0 Å². The Labute approximate surface area is 76.5 Å². The van der Waals surface area contributed by atoms with Gasteiger partial charge in [-0.05, 0) is 12.1 Å². The molecule has 0 atom stereocenters. The van der Waals surface area contributed by atoms with Crippen molar-refractivity contribution in [2.45, 2.75) is 0 Å². The predicted molar refractivity (Wildman–Crippen MR) is 47.1 cm³/mol. The van der Waals surface area contributed by atoms with Gasteiger partial charge in [-0.15, -0.1) is 0 Å². The van der Waals surface area contributed by atoms with Gasteiger partial charge < -0.3 is 4.52 Å². The van der Waals surface area contributed by atoms with E-state index >= 15 is 0 Å². The molecule has 4 heteroatoms. The molecule has 0 saturated heterocycles. The highest BCUT2D eigenvalue weighted by atomic mass is 79.9. The molecule has 0 amide bonds. The number of benzene rings is 1. The average molecular weight is 226 g/mol. The van der Waals surface area contributed by atoms with Crippen LogP contribution in [0.1, 0.15) is 10.4 Å². The van der Waals surface area contributed by atoms with E-state index in [4.69, 9.17) is 4.52 Å². The summed E-state index contributed by atoms with van der Waals surface area (Å²) in [6.07, 6.45) is 2.32. The number of fused-ring (bicyclic) bond motifs is 1. The summed E-state index contributed by atoms with van der Waals surface area (Å²) in [5.74, 6) is 0. The van der Waals surface area contributed by atoms with Crippen LogP contribution in [0, 0.1) is 0 Å². The van der Waals surface area contributed by atoms with Gasteiger partial charge in [0.2, 0.25) is 0 Å². The highest BCUT2D eigenvalue weighted by molar-refractivity contribution is 9.10. The van der Waals surface area contributed by atoms with Gasteiger partial charge in [-0.25, -0.2) is 0 Å². The van der Waals surface area contributed by atoms with Crippen LogP contribution in [-0.2, 0) is 0 Å². The molecule has 2 rings (SSSR count). The van der Waals surface area contributed by atoms with Gasteiger partial charge in [0.15, 0.2) is 11.9 Å². The Bertz CT molecular complexity index is 436. The maximum Gasteiger partial charge on any atom is 0.177 e. The third-order valence-corrected chi connectivity index (χ3v) is 2.03. The van der Waals surface area contributed by atoms with Gasteiger partial charge in [-0.2, -0.15) is 0 Å². The molecule has 1 aromatic heterocycles. The van der Waals surface area contributed by atoms with E-state index in [1.54, 1.807) is 12.3 Å². The molecular formula is C8H4BrNO2. The molecule has 0 aliphatic heterocycles. The SMILES string of the molecule is O=Cc1cc(Br)cc2cnoc12. The second-order valence-electron chi connectivity index (χ2n) is 2.36. The Morgan fingerprint density at radius 1 is 1.50 bits per heavy atom. The van der Waals surface area contributed by atoms with E-state index in [-0.39, 0.29) is 0 Å². The summed E-state index contributed by atoms with van der Waals surface area (Å²) in [5, 5.41) is 4.42. The normalized spacial score (nSPS) is 10.4. The first-order valence-corrected chi connectivity index (χ1v) is 4.09. The summed E-state index contributed by atoms with van der Waals surface area (Å²) < 4.78 is 5.74. The van der Waals surface area contributed by atoms with Crippen molar-refractivity contribution in [1.29, 1.82) is 0 Å². The monoisotopic (exact) mass is 225 g/mol. The van der Waals surface area contributed by atoms with Gasteiger partial charge in [0.25, 0.3) is 0 Å². The third kappa shape index (κ3) is 1.04. The van der Waals surface area contributed by atoms with Crippen molar-refractivity contribution >= 4 is 33.2 Å². The second-order valence-corrected chi connectivity index (χ2v) is 3.27. The fourth-order valence-corrected chi connectivity index (χ4v) is 1.55. The lowest BCUT2D eigenvalue weighted by Gasteiger charge is -1.92. The number of carbonyl (C=O) groups is 1. The van der Waals surface area contributed by atoms with Crippen molar-refractivity contribution in [3.8, 4) is 0 Å². The van der Waals surface area contributed by atoms with Crippen LogP contribution >= 0.6 is 15.9 Å². The number of rotatable bonds is 1. The Balaban J connectivity index is 2.88. The highest BCUT2D eigenvalue weighted by Crippen LogP contribution is 2.22. The summed E-state index contributed by atoms with van der Waals surface area (Å²) in [6.45, 7) is 0. The van der Waals surface area contributed by atoms with Gasteiger partial charge >= 0.3 is 0 Å². The minimum Gasteiger partial charge on any atom is -0.356 e. The largest absolute Gasteiger partial charge is 0.356 e. The molecule has 0 aliphatic carbocycles. The summed E-state index contributed by atoms with van der Waals surface area (Å²) >= 11 is 3.28. The topological polar surface area (TPSA) is 43.1 Å². The van der Waals surface area contributed by atoms with Gasteiger partial charge in [0, 0.05) is 9.86 Å². The molecule has 0 aliphatic rings. The van der Waals surface area contributed by atoms with Crippen molar-refractivity contribution in [3.63, 3.8) is 0 Å². The van der Waals surface area contributed by atoms with Crippen LogP contribution in [0.15, 0.2) is 27.3 Å². The molecule has 0 bridgehead atoms. The number of carbonyl (C=O) groups excluding carboxylic acids is 1. The molecule has 2 aromatic rings. The van der Waals surface area contributed by atoms with Crippen LogP contribution in [0.25, 0.3) is 11.0 Å². The lowest BCUT2D eigenvalue weighted by atomic mass is 10.2. The van der Waals surface area contributed by atoms with Gasteiger partial charge in [0.05, 0.1) is 11.8 Å². The first kappa shape index (κ1) is 7.49. The van der Waals surface area contributed by atoms with Crippen molar-refractivity contribution in [1.82, 2.24) is 5.16 Å². The smallest absolute Gasteiger partial charge is 0.177 e. The average Bonchev–Trinajstić information content (AvgIpc) is 2.50. The van der Waals surface area contributed by atoms with Crippen LogP contribution in [0.4, 0.5) is 0 Å². The molecule has 3 nitrogen and oxygen atoms in total. The van der Waals surface area contributed by atoms with E-state index < -0.39 is 0 Å². The zero-order valence-electron chi connectivity index (χ0n) is 5.95. The number of hydrogen-bond acceptors (Lipinski definition) is 3. The summed E-state index contributed by atoms with van der Waals surface area (Å²) in [5.41, 5.74) is 1.05. The summed E-state index contributed by atoms with van der Waals surface area (Å²) in [7, 11) is 0. The first-order chi connectivity index (χ1) is 5.81. The highest BCUT2D eigenvalue weighted by Gasteiger charge is 2.05. The van der Waals surface area contributed by atoms with Crippen molar-refractivity contribution < 1.29 is 9.32 Å². The molecule has 60 valence electrons. The van der Waals surface area contributed by atoms with E-state index in [0.29, 0.717) is 11.1 Å². The maximum absolute atomic E-state index is 10.6. The standard InChI is InChI=1S/C8H4BrNO2/c9-7-1-5-3-10-12-8(5)6(2-7)4-11/h1-4H. The van der Waals surface area contributed by atoms with Crippen molar-refractivity contribution in [3.05, 3.63) is 28.4 Å². The zero-order valence-corrected chi connectivity index (χ0v) is 7.54. The number of halogens is 1. The molecule has 12 heavy (non-hydrogen) atoms. The van der Waals surface area contributed by atoms with Crippen LogP contribution < -0.4 is 0 Å². The maximum atomic E-state index is 10.6. The number of nitrogens with zero attached hydrogens (tertiary/aromatic N) is 1. The van der Waals surface area contributed by atoms with Gasteiger partial charge in [-0.1, -0.05) is 21.1 Å². The van der Waals surface area contributed by atoms with Crippen LogP contribution in [0.2, 0.25) is 0 Å². The van der Waals surface area contributed by atoms with E-state index in [1.807, 2.05) is 6.07 Å². The van der Waals surface area contributed by atoms with E-state index in [2.05, 4.69) is 21.1 Å². The van der Waals surface area contributed by atoms with E-state index in [9.17, 15) is 4.79 Å². The second kappa shape index (κ2) is 2.71. The molecule has 0 spiro atoms. The molecule has 1 aromatic carbocycles. The zero-order chi connectivity index (χ0) is 8.55.